The molecule has 1 saturated carbocycles. The van der Waals surface area contributed by atoms with E-state index in [1.807, 2.05) is 12.1 Å². The van der Waals surface area contributed by atoms with E-state index in [0.717, 1.165) is 36.6 Å². The number of aromatic nitrogens is 3. The van der Waals surface area contributed by atoms with Gasteiger partial charge in [-0.3, -0.25) is 4.79 Å². The Hall–Kier alpha value is -2.87. The van der Waals surface area contributed by atoms with Gasteiger partial charge in [-0.2, -0.15) is 0 Å². The van der Waals surface area contributed by atoms with Gasteiger partial charge in [-0.1, -0.05) is 0 Å². The number of halogens is 1. The molecule has 4 rings (SSSR count). The second kappa shape index (κ2) is 8.65. The Morgan fingerprint density at radius 1 is 1.21 bits per heavy atom. The lowest BCUT2D eigenvalue weighted by Gasteiger charge is -2.28. The summed E-state index contributed by atoms with van der Waals surface area (Å²) in [4.78, 5) is 25.7. The Morgan fingerprint density at radius 2 is 2.03 bits per heavy atom. The average molecular weight is 397 g/mol. The maximum absolute atomic E-state index is 12.6. The molecule has 152 valence electrons. The Labute approximate surface area is 168 Å². The molecule has 0 aliphatic heterocycles. The molecule has 0 saturated heterocycles. The molecule has 0 bridgehead atoms. The van der Waals surface area contributed by atoms with Crippen LogP contribution in [0.3, 0.4) is 0 Å². The number of carbonyl (C=O) groups excluding carboxylic acids is 1. The maximum Gasteiger partial charge on any atom is 0.228 e. The molecular weight excluding hydrogens is 373 g/mol. The van der Waals surface area contributed by atoms with E-state index in [0.29, 0.717) is 35.7 Å². The van der Waals surface area contributed by atoms with Crippen LogP contribution >= 0.6 is 0 Å². The average Bonchev–Trinajstić information content (AvgIpc) is 3.18. The van der Waals surface area contributed by atoms with Crippen molar-refractivity contribution in [2.24, 2.45) is 5.92 Å². The number of nitrogens with zero attached hydrogens (tertiary/aromatic N) is 3. The monoisotopic (exact) mass is 397 g/mol. The molecule has 1 amide bonds. The molecule has 0 radical (unpaired) electrons. The smallest absolute Gasteiger partial charge is 0.228 e. The van der Waals surface area contributed by atoms with Gasteiger partial charge in [0.2, 0.25) is 5.91 Å². The summed E-state index contributed by atoms with van der Waals surface area (Å²) >= 11 is 0. The molecule has 7 nitrogen and oxygen atoms in total. The van der Waals surface area contributed by atoms with E-state index in [4.69, 9.17) is 4.42 Å². The van der Waals surface area contributed by atoms with Crippen LogP contribution in [-0.2, 0) is 4.79 Å². The van der Waals surface area contributed by atoms with Gasteiger partial charge in [-0.25, -0.2) is 19.3 Å². The molecule has 1 aliphatic carbocycles. The second-order valence-corrected chi connectivity index (χ2v) is 7.38. The third-order valence-corrected chi connectivity index (χ3v) is 5.32. The van der Waals surface area contributed by atoms with Gasteiger partial charge in [0.15, 0.2) is 11.7 Å². The number of hydrogen-bond acceptors (Lipinski definition) is 6. The minimum absolute atomic E-state index is 0.0252. The van der Waals surface area contributed by atoms with Crippen LogP contribution in [0.2, 0.25) is 0 Å². The molecule has 3 heterocycles. The summed E-state index contributed by atoms with van der Waals surface area (Å²) in [6, 6.07) is 5.85. The first-order valence-corrected chi connectivity index (χ1v) is 9.92. The summed E-state index contributed by atoms with van der Waals surface area (Å²) in [6.07, 6.45) is 6.68. The second-order valence-electron chi connectivity index (χ2n) is 7.38. The molecular formula is C21H24FN5O2. The number of oxazole rings is 1. The van der Waals surface area contributed by atoms with Gasteiger partial charge in [0.1, 0.15) is 18.2 Å². The maximum atomic E-state index is 12.6. The van der Waals surface area contributed by atoms with Crippen LogP contribution < -0.4 is 10.6 Å². The highest BCUT2D eigenvalue weighted by Crippen LogP contribution is 2.26. The number of anilines is 1. The first-order valence-electron chi connectivity index (χ1n) is 9.92. The van der Waals surface area contributed by atoms with Gasteiger partial charge in [0, 0.05) is 43.1 Å². The molecule has 1 fully saturated rings. The normalized spacial score (nSPS) is 19.4. The molecule has 0 aromatic carbocycles. The van der Waals surface area contributed by atoms with Crippen molar-refractivity contribution < 1.29 is 13.6 Å². The van der Waals surface area contributed by atoms with E-state index in [2.05, 4.69) is 25.6 Å². The first kappa shape index (κ1) is 19.4. The Morgan fingerprint density at radius 3 is 2.76 bits per heavy atom. The lowest BCUT2D eigenvalue weighted by Crippen LogP contribution is -2.37. The topological polar surface area (TPSA) is 92.9 Å². The van der Waals surface area contributed by atoms with Crippen LogP contribution in [0, 0.1) is 12.8 Å². The number of carbonyl (C=O) groups is 1. The molecule has 1 aliphatic rings. The largest absolute Gasteiger partial charge is 0.439 e. The number of alkyl halides is 1. The van der Waals surface area contributed by atoms with Crippen molar-refractivity contribution >= 4 is 22.6 Å². The highest BCUT2D eigenvalue weighted by molar-refractivity contribution is 5.93. The minimum Gasteiger partial charge on any atom is -0.439 e. The van der Waals surface area contributed by atoms with Crippen LogP contribution in [0.5, 0.6) is 0 Å². The molecule has 3 aromatic rings. The highest BCUT2D eigenvalue weighted by Gasteiger charge is 2.26. The van der Waals surface area contributed by atoms with Crippen LogP contribution in [0.1, 0.15) is 31.6 Å². The van der Waals surface area contributed by atoms with Crippen molar-refractivity contribution in [2.75, 3.05) is 18.5 Å². The fourth-order valence-electron chi connectivity index (χ4n) is 3.75. The number of nitrogens with one attached hydrogen (secondary N) is 2. The first-order chi connectivity index (χ1) is 14.1. The van der Waals surface area contributed by atoms with E-state index in [-0.39, 0.29) is 18.5 Å². The molecule has 0 atom stereocenters. The Bertz CT molecular complexity index is 998. The van der Waals surface area contributed by atoms with Gasteiger partial charge in [-0.15, -0.1) is 0 Å². The molecule has 0 spiro atoms. The summed E-state index contributed by atoms with van der Waals surface area (Å²) in [6.45, 7) is 1.80. The quantitative estimate of drug-likeness (QED) is 0.660. The molecule has 29 heavy (non-hydrogen) atoms. The summed E-state index contributed by atoms with van der Waals surface area (Å²) in [5.74, 6) is 1.60. The van der Waals surface area contributed by atoms with E-state index in [1.54, 1.807) is 25.4 Å². The van der Waals surface area contributed by atoms with Crippen molar-refractivity contribution in [2.45, 2.75) is 38.6 Å². The van der Waals surface area contributed by atoms with Crippen molar-refractivity contribution in [3.05, 3.63) is 36.5 Å². The lowest BCUT2D eigenvalue weighted by molar-refractivity contribution is -0.120. The summed E-state index contributed by atoms with van der Waals surface area (Å²) < 4.78 is 17.8. The van der Waals surface area contributed by atoms with E-state index >= 15 is 0 Å². The fraction of sp³-hybridized carbons (Fsp3) is 0.429. The lowest BCUT2D eigenvalue weighted by atomic mass is 9.85. The van der Waals surface area contributed by atoms with Gasteiger partial charge in [0.25, 0.3) is 0 Å². The third kappa shape index (κ3) is 4.59. The van der Waals surface area contributed by atoms with Crippen LogP contribution in [0.4, 0.5) is 10.2 Å². The van der Waals surface area contributed by atoms with Crippen molar-refractivity contribution in [1.29, 1.82) is 0 Å². The van der Waals surface area contributed by atoms with Crippen LogP contribution in [-0.4, -0.2) is 40.1 Å². The predicted molar refractivity (Wildman–Crippen MR) is 108 cm³/mol. The number of fused-ring (bicyclic) bond motifs is 1. The van der Waals surface area contributed by atoms with E-state index in [9.17, 15) is 9.18 Å². The van der Waals surface area contributed by atoms with Gasteiger partial charge >= 0.3 is 0 Å². The number of amides is 1. The SMILES string of the molecule is Cc1ncc(-c2ccc3cnc(NC(=O)[C@H]4CC[C@H](NCCF)CC4)cc3n2)o1. The third-order valence-electron chi connectivity index (χ3n) is 5.32. The summed E-state index contributed by atoms with van der Waals surface area (Å²) in [7, 11) is 0. The number of aryl methyl sites for hydroxylation is 1. The van der Waals surface area contributed by atoms with Crippen molar-refractivity contribution in [1.82, 2.24) is 20.3 Å². The van der Waals surface area contributed by atoms with Gasteiger partial charge < -0.3 is 15.1 Å². The Balaban J connectivity index is 1.43. The van der Waals surface area contributed by atoms with Crippen LogP contribution in [0.15, 0.2) is 35.0 Å². The van der Waals surface area contributed by atoms with Crippen molar-refractivity contribution in [3.8, 4) is 11.5 Å². The van der Waals surface area contributed by atoms with E-state index in [1.165, 1.54) is 0 Å². The van der Waals surface area contributed by atoms with Gasteiger partial charge in [0.05, 0.1) is 11.7 Å². The van der Waals surface area contributed by atoms with E-state index < -0.39 is 0 Å². The number of hydrogen-bond donors (Lipinski definition) is 2. The molecule has 8 heteroatoms. The zero-order valence-corrected chi connectivity index (χ0v) is 16.3. The fourth-order valence-corrected chi connectivity index (χ4v) is 3.75. The number of pyridine rings is 2. The Kier molecular flexibility index (Phi) is 5.80. The predicted octanol–water partition coefficient (Wildman–Crippen LogP) is 3.65. The number of rotatable bonds is 6. The van der Waals surface area contributed by atoms with Crippen LogP contribution in [0.25, 0.3) is 22.4 Å². The molecule has 2 N–H and O–H groups in total. The van der Waals surface area contributed by atoms with Crippen molar-refractivity contribution in [3.63, 3.8) is 0 Å². The summed E-state index contributed by atoms with van der Waals surface area (Å²) in [5.41, 5.74) is 1.40. The molecule has 0 unspecified atom stereocenters. The highest BCUT2D eigenvalue weighted by atomic mass is 19.1. The zero-order chi connectivity index (χ0) is 20.2. The standard InChI is InChI=1S/C21H24FN5O2/c1-13-24-12-19(29-13)17-7-4-15-11-25-20(10-18(15)26-17)27-21(28)14-2-5-16(6-3-14)23-9-8-22/h4,7,10-12,14,16,23H,2-3,5-6,8-9H2,1H3,(H,25,27,28)/t14-,16-. The zero-order valence-electron chi connectivity index (χ0n) is 16.3. The molecule has 3 aromatic heterocycles. The summed E-state index contributed by atoms with van der Waals surface area (Å²) in [5, 5.41) is 6.98. The van der Waals surface area contributed by atoms with Gasteiger partial charge in [-0.05, 0) is 37.8 Å². The minimum atomic E-state index is -0.361.